The molecule has 0 bridgehead atoms. The van der Waals surface area contributed by atoms with E-state index in [1.165, 1.54) is 21.9 Å². The number of hydrogen-bond donors (Lipinski definition) is 1. The second kappa shape index (κ2) is 5.18. The van der Waals surface area contributed by atoms with Gasteiger partial charge in [0.25, 0.3) is 0 Å². The van der Waals surface area contributed by atoms with Crippen LogP contribution in [0.4, 0.5) is 14.5 Å². The summed E-state index contributed by atoms with van der Waals surface area (Å²) in [4.78, 5) is 2.53. The van der Waals surface area contributed by atoms with Crippen molar-refractivity contribution in [3.8, 4) is 11.5 Å². The maximum absolute atomic E-state index is 13.0. The molecular formula is C15H15F2NO2S. The lowest BCUT2D eigenvalue weighted by Crippen LogP contribution is -2.25. The fourth-order valence-electron chi connectivity index (χ4n) is 2.18. The quantitative estimate of drug-likeness (QED) is 0.879. The highest BCUT2D eigenvalue weighted by atomic mass is 32.1. The number of hydrogen-bond acceptors (Lipinski definition) is 4. The average molecular weight is 311 g/mol. The van der Waals surface area contributed by atoms with Gasteiger partial charge in [0.2, 0.25) is 0 Å². The van der Waals surface area contributed by atoms with Crippen LogP contribution in [0.15, 0.2) is 30.3 Å². The summed E-state index contributed by atoms with van der Waals surface area (Å²) in [5, 5.41) is 3.28. The van der Waals surface area contributed by atoms with Gasteiger partial charge in [-0.15, -0.1) is 20.1 Å². The molecule has 0 aliphatic carbocycles. The molecule has 1 N–H and O–H groups in total. The van der Waals surface area contributed by atoms with Crippen molar-refractivity contribution in [2.24, 2.45) is 0 Å². The molecule has 0 fully saturated rings. The molecule has 3 rings (SSSR count). The first kappa shape index (κ1) is 14.1. The number of rotatable bonds is 4. The normalized spacial score (nSPS) is 16.8. The third-order valence-corrected chi connectivity index (χ3v) is 4.65. The molecule has 0 saturated carbocycles. The van der Waals surface area contributed by atoms with E-state index >= 15 is 0 Å². The van der Waals surface area contributed by atoms with Gasteiger partial charge in [0.15, 0.2) is 11.5 Å². The van der Waals surface area contributed by atoms with Gasteiger partial charge in [-0.3, -0.25) is 0 Å². The second-order valence-corrected chi connectivity index (χ2v) is 6.05. The van der Waals surface area contributed by atoms with Gasteiger partial charge in [-0.2, -0.15) is 0 Å². The largest absolute Gasteiger partial charge is 0.586 e. The van der Waals surface area contributed by atoms with E-state index in [0.29, 0.717) is 5.69 Å². The summed E-state index contributed by atoms with van der Waals surface area (Å²) >= 11 is 1.75. The number of aryl methyl sites for hydroxylation is 1. The Morgan fingerprint density at radius 2 is 1.95 bits per heavy atom. The van der Waals surface area contributed by atoms with Crippen LogP contribution in [0.2, 0.25) is 0 Å². The van der Waals surface area contributed by atoms with Gasteiger partial charge in [0, 0.05) is 21.5 Å². The number of benzene rings is 1. The molecule has 6 heteroatoms. The van der Waals surface area contributed by atoms with Gasteiger partial charge in [-0.1, -0.05) is 6.92 Å². The second-order valence-electron chi connectivity index (χ2n) is 4.85. The zero-order valence-electron chi connectivity index (χ0n) is 11.7. The van der Waals surface area contributed by atoms with Crippen LogP contribution in [-0.2, 0) is 6.42 Å². The zero-order valence-corrected chi connectivity index (χ0v) is 12.5. The van der Waals surface area contributed by atoms with E-state index in [0.717, 1.165) is 6.42 Å². The van der Waals surface area contributed by atoms with E-state index in [1.54, 1.807) is 17.4 Å². The maximum atomic E-state index is 13.0. The molecule has 0 amide bonds. The van der Waals surface area contributed by atoms with Crippen molar-refractivity contribution in [3.05, 3.63) is 40.1 Å². The average Bonchev–Trinajstić information content (AvgIpc) is 3.00. The molecule has 0 saturated heterocycles. The molecule has 3 nitrogen and oxygen atoms in total. The van der Waals surface area contributed by atoms with Crippen LogP contribution in [0.1, 0.15) is 29.6 Å². The Labute approximate surface area is 125 Å². The van der Waals surface area contributed by atoms with E-state index in [-0.39, 0.29) is 17.5 Å². The number of fused-ring (bicyclic) bond motifs is 1. The number of ether oxygens (including phenoxy) is 2. The van der Waals surface area contributed by atoms with Gasteiger partial charge in [-0.05, 0) is 37.6 Å². The Hall–Kier alpha value is -1.82. The van der Waals surface area contributed by atoms with Gasteiger partial charge in [0.05, 0.1) is 6.04 Å². The molecule has 112 valence electrons. The van der Waals surface area contributed by atoms with Crippen molar-refractivity contribution >= 4 is 17.0 Å². The summed E-state index contributed by atoms with van der Waals surface area (Å²) in [6, 6.07) is 9.00. The van der Waals surface area contributed by atoms with Crippen LogP contribution in [0.3, 0.4) is 0 Å². The van der Waals surface area contributed by atoms with Crippen molar-refractivity contribution in [1.29, 1.82) is 0 Å². The van der Waals surface area contributed by atoms with Crippen molar-refractivity contribution in [2.45, 2.75) is 32.6 Å². The van der Waals surface area contributed by atoms with Gasteiger partial charge >= 0.3 is 6.29 Å². The standard InChI is InChI=1S/C15H15F2NO2S/c1-3-11-5-7-14(21-11)9(2)18-10-4-6-12-13(8-10)20-15(16,17)19-12/h4-9,18H,3H2,1-2H3. The topological polar surface area (TPSA) is 30.5 Å². The van der Waals surface area contributed by atoms with Crippen molar-refractivity contribution in [2.75, 3.05) is 5.32 Å². The SMILES string of the molecule is CCc1ccc(C(C)Nc2ccc3c(c2)OC(F)(F)O3)s1. The molecule has 1 aromatic carbocycles. The van der Waals surface area contributed by atoms with Crippen LogP contribution in [0.5, 0.6) is 11.5 Å². The van der Waals surface area contributed by atoms with E-state index in [4.69, 9.17) is 0 Å². The number of nitrogens with one attached hydrogen (secondary N) is 1. The van der Waals surface area contributed by atoms with Gasteiger partial charge in [-0.25, -0.2) is 0 Å². The molecular weight excluding hydrogens is 296 g/mol. The Kier molecular flexibility index (Phi) is 3.49. The third kappa shape index (κ3) is 2.95. The van der Waals surface area contributed by atoms with Crippen LogP contribution >= 0.6 is 11.3 Å². The fourth-order valence-corrected chi connectivity index (χ4v) is 3.13. The molecule has 1 aliphatic rings. The van der Waals surface area contributed by atoms with Crippen LogP contribution in [-0.4, -0.2) is 6.29 Å². The lowest BCUT2D eigenvalue weighted by molar-refractivity contribution is -0.286. The van der Waals surface area contributed by atoms with E-state index < -0.39 is 6.29 Å². The highest BCUT2D eigenvalue weighted by molar-refractivity contribution is 7.12. The maximum Gasteiger partial charge on any atom is 0.586 e. The monoisotopic (exact) mass is 311 g/mol. The highest BCUT2D eigenvalue weighted by Crippen LogP contribution is 2.42. The predicted octanol–water partition coefficient (Wildman–Crippen LogP) is 4.81. The van der Waals surface area contributed by atoms with Gasteiger partial charge in [0.1, 0.15) is 0 Å². The lowest BCUT2D eigenvalue weighted by atomic mass is 10.2. The molecule has 2 heterocycles. The molecule has 1 aromatic heterocycles. The van der Waals surface area contributed by atoms with Crippen molar-refractivity contribution in [1.82, 2.24) is 0 Å². The number of thiophene rings is 1. The van der Waals surface area contributed by atoms with E-state index in [2.05, 4.69) is 33.8 Å². The molecule has 1 unspecified atom stereocenters. The van der Waals surface area contributed by atoms with E-state index in [9.17, 15) is 8.78 Å². The summed E-state index contributed by atoms with van der Waals surface area (Å²) < 4.78 is 34.8. The third-order valence-electron chi connectivity index (χ3n) is 3.24. The number of halogens is 2. The minimum atomic E-state index is -3.57. The van der Waals surface area contributed by atoms with Crippen LogP contribution in [0, 0.1) is 0 Å². The predicted molar refractivity (Wildman–Crippen MR) is 78.4 cm³/mol. The first-order chi connectivity index (χ1) is 9.97. The number of anilines is 1. The Bertz CT molecular complexity index is 657. The summed E-state index contributed by atoms with van der Waals surface area (Å²) in [5.41, 5.74) is 0.717. The molecule has 1 atom stereocenters. The Morgan fingerprint density at radius 3 is 2.67 bits per heavy atom. The molecule has 0 spiro atoms. The summed E-state index contributed by atoms with van der Waals surface area (Å²) in [6.45, 7) is 4.15. The van der Waals surface area contributed by atoms with Gasteiger partial charge < -0.3 is 14.8 Å². The molecule has 1 aliphatic heterocycles. The molecule has 0 radical (unpaired) electrons. The minimum Gasteiger partial charge on any atom is -0.395 e. The van der Waals surface area contributed by atoms with Crippen molar-refractivity contribution in [3.63, 3.8) is 0 Å². The minimum absolute atomic E-state index is 0.0534. The van der Waals surface area contributed by atoms with Crippen LogP contribution < -0.4 is 14.8 Å². The summed E-state index contributed by atoms with van der Waals surface area (Å²) in [6.07, 6.45) is -2.56. The fraction of sp³-hybridized carbons (Fsp3) is 0.333. The number of alkyl halides is 2. The molecule has 21 heavy (non-hydrogen) atoms. The van der Waals surface area contributed by atoms with Crippen LogP contribution in [0.25, 0.3) is 0 Å². The first-order valence-corrected chi connectivity index (χ1v) is 7.53. The summed E-state index contributed by atoms with van der Waals surface area (Å²) in [5.74, 6) is 0.111. The zero-order chi connectivity index (χ0) is 15.0. The lowest BCUT2D eigenvalue weighted by Gasteiger charge is -2.14. The van der Waals surface area contributed by atoms with Crippen molar-refractivity contribution < 1.29 is 18.3 Å². The summed E-state index contributed by atoms with van der Waals surface area (Å²) in [7, 11) is 0. The Balaban J connectivity index is 1.74. The first-order valence-electron chi connectivity index (χ1n) is 6.72. The Morgan fingerprint density at radius 1 is 1.19 bits per heavy atom. The highest BCUT2D eigenvalue weighted by Gasteiger charge is 2.43. The van der Waals surface area contributed by atoms with E-state index in [1.807, 2.05) is 6.92 Å². The molecule has 2 aromatic rings. The smallest absolute Gasteiger partial charge is 0.395 e.